The van der Waals surface area contributed by atoms with Crippen molar-refractivity contribution in [3.63, 3.8) is 0 Å². The molecule has 38 nitrogen and oxygen atoms in total. The van der Waals surface area contributed by atoms with Crippen molar-refractivity contribution < 1.29 is 133 Å². The first-order valence-electron chi connectivity index (χ1n) is 44.4. The van der Waals surface area contributed by atoms with Gasteiger partial charge >= 0.3 is 40.5 Å². The number of nitro groups is 1. The number of hydrogen-bond acceptors (Lipinski definition) is 33. The van der Waals surface area contributed by atoms with Gasteiger partial charge in [0.1, 0.15) is 113 Å². The smallest absolute Gasteiger partial charge is 0.408 e. The lowest BCUT2D eigenvalue weighted by Crippen LogP contribution is -2.54. The molecule has 4 aromatic carbocycles. The molecule has 0 bridgehead atoms. The molecule has 0 amide bonds. The summed E-state index contributed by atoms with van der Waals surface area (Å²) in [5, 5.41) is 40.9. The summed E-state index contributed by atoms with van der Waals surface area (Å²) >= 11 is 0. The molecule has 0 spiro atoms. The van der Waals surface area contributed by atoms with Crippen LogP contribution in [-0.2, 0) is 81.8 Å². The van der Waals surface area contributed by atoms with Crippen molar-refractivity contribution >= 4 is 86.2 Å². The van der Waals surface area contributed by atoms with E-state index in [-0.39, 0.29) is 112 Å². The molecule has 13 rings (SSSR count). The molecule has 3 aromatic heterocycles. The number of nitro benzene ring substituents is 1. The van der Waals surface area contributed by atoms with Gasteiger partial charge in [-0.1, -0.05) is 83.1 Å². The molecular weight excluding hydrogens is 1950 g/mol. The first-order chi connectivity index (χ1) is 63.9. The molecule has 0 saturated carbocycles. The zero-order valence-corrected chi connectivity index (χ0v) is 87.7. The third-order valence-electron chi connectivity index (χ3n) is 25.4. The van der Waals surface area contributed by atoms with Crippen molar-refractivity contribution in [2.75, 3.05) is 65.2 Å². The topological polar surface area (TPSA) is 475 Å². The number of nitrogens with zero attached hydrogens (tertiary/aromatic N) is 9. The first-order valence-corrected chi connectivity index (χ1v) is 60.4. The normalized spacial score (nSPS) is 27.3. The van der Waals surface area contributed by atoms with E-state index in [9.17, 15) is 79.9 Å². The molecule has 0 radical (unpaired) electrons. The lowest BCUT2D eigenvalue weighted by atomic mass is 10.1. The van der Waals surface area contributed by atoms with Crippen molar-refractivity contribution in [1.29, 1.82) is 0 Å². The van der Waals surface area contributed by atoms with Gasteiger partial charge in [0.25, 0.3) is 5.69 Å². The second-order valence-corrected chi connectivity index (χ2v) is 63.7. The Balaban J connectivity index is 0.000000194. The van der Waals surface area contributed by atoms with Gasteiger partial charge in [-0.05, 0) is 157 Å². The van der Waals surface area contributed by atoms with Gasteiger partial charge in [0.2, 0.25) is 0 Å². The van der Waals surface area contributed by atoms with Gasteiger partial charge in [-0.3, -0.25) is 60.0 Å². The molecule has 6 aliphatic heterocycles. The number of hydrogen-bond donors (Lipinski definition) is 5. The number of halogens is 6. The lowest BCUT2D eigenvalue weighted by Gasteiger charge is -2.44. The third-order valence-corrected chi connectivity index (χ3v) is 47.7. The maximum Gasteiger partial charge on any atom is 0.530 e. The van der Waals surface area contributed by atoms with E-state index in [0.717, 1.165) is 71.3 Å². The fraction of sp³-hybridized carbons (Fsp3) is 0.575. The van der Waals surface area contributed by atoms with Crippen molar-refractivity contribution in [1.82, 2.24) is 33.6 Å². The van der Waals surface area contributed by atoms with Crippen LogP contribution in [0.5, 0.6) is 5.75 Å². The number of nitrogens with two attached hydrogens (primary N) is 2. The maximum absolute atomic E-state index is 14.6. The molecule has 6 saturated heterocycles. The number of phosphoric acid groups is 3. The Morgan fingerprint density at radius 1 is 0.493 bits per heavy atom. The van der Waals surface area contributed by atoms with E-state index >= 15 is 0 Å². The number of benzene rings is 4. The molecule has 9 heterocycles. The summed E-state index contributed by atoms with van der Waals surface area (Å²) < 4.78 is 220. The monoisotopic (exact) mass is 2080 g/mol. The van der Waals surface area contributed by atoms with E-state index in [1.807, 2.05) is 14.1 Å². The van der Waals surface area contributed by atoms with Crippen LogP contribution < -0.4 is 33.1 Å². The summed E-state index contributed by atoms with van der Waals surface area (Å²) in [6.07, 6.45) is -8.28. The molecule has 51 heteroatoms. The van der Waals surface area contributed by atoms with Gasteiger partial charge in [0.05, 0.1) is 63.1 Å². The highest BCUT2D eigenvalue weighted by Gasteiger charge is 2.58. The highest BCUT2D eigenvalue weighted by atomic mass is 31.2. The van der Waals surface area contributed by atoms with Crippen molar-refractivity contribution in [2.45, 2.75) is 267 Å². The van der Waals surface area contributed by atoms with Gasteiger partial charge < -0.3 is 68.1 Å². The average Bonchev–Trinajstić information content (AvgIpc) is 1.60. The molecule has 6 fully saturated rings. The largest absolute Gasteiger partial charge is 0.530 e. The van der Waals surface area contributed by atoms with E-state index < -0.39 is 212 Å². The molecule has 138 heavy (non-hydrogen) atoms. The van der Waals surface area contributed by atoms with Gasteiger partial charge in [-0.25, -0.2) is 59.4 Å². The summed E-state index contributed by atoms with van der Waals surface area (Å²) in [4.78, 5) is 65.7. The van der Waals surface area contributed by atoms with E-state index in [1.54, 1.807) is 23.5 Å². The number of aliphatic imine (C=N–C) groups is 1. The molecule has 6 aliphatic rings. The van der Waals surface area contributed by atoms with E-state index in [2.05, 4.69) is 155 Å². The second-order valence-electron chi connectivity index (χ2n) is 39.9. The Hall–Kier alpha value is -7.79. The van der Waals surface area contributed by atoms with Gasteiger partial charge in [0.15, 0.2) is 57.8 Å². The minimum atomic E-state index is -4.27. The first kappa shape index (κ1) is 112. The average molecular weight is 2080 g/mol. The summed E-state index contributed by atoms with van der Waals surface area (Å²) in [7, 11) is -18.5. The molecule has 0 aliphatic carbocycles. The van der Waals surface area contributed by atoms with Gasteiger partial charge in [-0.15, -0.1) is 0 Å². The van der Waals surface area contributed by atoms with E-state index in [0.29, 0.717) is 5.82 Å². The number of rotatable bonds is 26. The number of non-ortho nitro benzene ring substituents is 1. The molecule has 764 valence electrons. The van der Waals surface area contributed by atoms with Crippen LogP contribution in [0.1, 0.15) is 156 Å². The highest BCUT2D eigenvalue weighted by molar-refractivity contribution is 7.49. The number of aromatic nitrogens is 6. The van der Waals surface area contributed by atoms with Crippen LogP contribution in [-0.4, -0.2) is 202 Å². The maximum atomic E-state index is 14.6. The summed E-state index contributed by atoms with van der Waals surface area (Å²) in [5.41, 5.74) is 8.81. The fourth-order valence-corrected chi connectivity index (χ4v) is 23.0. The summed E-state index contributed by atoms with van der Waals surface area (Å²) in [6.45, 7) is 41.3. The Labute approximate surface area is 800 Å². The number of aliphatic hydroxyl groups is 3. The van der Waals surface area contributed by atoms with Crippen molar-refractivity contribution in [3.05, 3.63) is 209 Å². The number of nitrogen functional groups attached to an aromatic ring is 2. The highest BCUT2D eigenvalue weighted by Crippen LogP contribution is 2.61. The standard InChI is InChI=1S/C30H48F2N3O8PSi2.C24H46N4O5Si2.C18H20F2N3O8P.C15H12F2NO6P/c1-29(2,3)45(7,8)42-25-23(18-39-44(37)38-16-14-22(41-44)20-17-19(31)11-12-21(20)32)40-27(35-15-13-24(33)34-28(35)36)26(25)43-46(9,10)30(4,5)6;1-23(2,3)34(9,10)32-19-17(15-29)31-21(20(19)33-35(11,12)24(4,5)6)28-14-13-18(26-22(28)30)25-16-27(7)8;19-9-1-2-11(20)10(7-9)12-4-6-28-32(27,31-12)29-8-13-15(24)16(25)17(30-13)23-5-3-14(21)22-18(23)26;16-10-1-6-14(17)13(9-10)15-7-8-22-25(21,24-15)23-12-4-2-11(3-5-12)18(19)20/h11-13,15,17,22-23,25-27H,14,16,18H2,1-10H3,(H2,33,34,36);13-14,16-17,19-21,29H,15H2,1-12H3;1-3,5,7,12-13,15-17,24-25H,4,6,8H2,(H2,21,22,26);1-6,9,15H,7-8H2/t22-,23-,25-,26+,27-,44+;17-,19-,20+,21-;12-,13-,15-,16+,17-,32+;15-,25-/m1111/s1. The molecule has 0 unspecified atom stereocenters. The SMILES string of the molecule is CC(C)(C)[Si](C)(C)O[C@H]1[C@H](O[Si](C)(C)C(C)(C)C)[C@@H](CO[P@]2(=O)OCC[C@H](c3cc(F)ccc3F)O2)O[C@H]1n1ccc(N)nc1=O.CN(C)C=Nc1ccn([C@@H]2O[C@H](CO)[C@@H](O[Si](C)(C)C(C)(C)C)[C@@H]2O[Si](C)(C)C(C)(C)C)c(=O)n1.Nc1ccn([C@@H]2O[C@H](CO[P@]3(=O)OCC[C@H](c4cc(F)ccc4F)O3)[C@@H](O)[C@@H]2O)c(=O)n1.O=[N+]([O-])c1ccc(O[P@@]2(=O)OCC[C@H](c3cc(F)ccc3F)O2)cc1. The van der Waals surface area contributed by atoms with Crippen LogP contribution in [0.3, 0.4) is 0 Å². The summed E-state index contributed by atoms with van der Waals surface area (Å²) in [6, 6.07) is 17.9. The van der Waals surface area contributed by atoms with Gasteiger partial charge in [-0.2, -0.15) is 15.0 Å². The van der Waals surface area contributed by atoms with Gasteiger partial charge in [0, 0.05) is 80.8 Å². The van der Waals surface area contributed by atoms with E-state index in [4.69, 9.17) is 84.1 Å². The Morgan fingerprint density at radius 2 is 0.833 bits per heavy atom. The Bertz CT molecular complexity index is 5780. The fourth-order valence-electron chi connectivity index (χ4n) is 13.7. The number of anilines is 2. The minimum absolute atomic E-state index is 0.0225. The molecule has 7 N–H and O–H groups in total. The van der Waals surface area contributed by atoms with Crippen molar-refractivity contribution in [3.8, 4) is 5.75 Å². The number of ether oxygens (including phenoxy) is 3. The third kappa shape index (κ3) is 28.0. The molecular formula is C87H126F6N11O27P3Si4. The van der Waals surface area contributed by atoms with Crippen LogP contribution in [0.15, 0.2) is 135 Å². The number of phosphoric ester groups is 3. The van der Waals surface area contributed by atoms with E-state index in [1.165, 1.54) is 45.8 Å². The van der Waals surface area contributed by atoms with Crippen molar-refractivity contribution in [2.24, 2.45) is 4.99 Å². The Kier molecular flexibility index (Phi) is 36.3. The van der Waals surface area contributed by atoms with Crippen LogP contribution in [0.2, 0.25) is 72.5 Å². The predicted molar refractivity (Wildman–Crippen MR) is 506 cm³/mol. The summed E-state index contributed by atoms with van der Waals surface area (Å²) in [5.74, 6) is -3.78. The van der Waals surface area contributed by atoms with Crippen LogP contribution in [0.25, 0.3) is 0 Å². The zero-order valence-electron chi connectivity index (χ0n) is 81.0. The predicted octanol–water partition coefficient (Wildman–Crippen LogP) is 16.8. The van der Waals surface area contributed by atoms with Crippen LogP contribution in [0.4, 0.5) is 49.5 Å². The molecule has 18 atom stereocenters. The molecule has 7 aromatic rings. The zero-order chi connectivity index (χ0) is 103. The van der Waals surface area contributed by atoms with Crippen LogP contribution >= 0.6 is 23.5 Å². The minimum Gasteiger partial charge on any atom is -0.408 e. The van der Waals surface area contributed by atoms with Crippen LogP contribution in [0, 0.1) is 45.0 Å². The number of aliphatic hydroxyl groups excluding tert-OH is 3. The lowest BCUT2D eigenvalue weighted by molar-refractivity contribution is -0.384. The second kappa shape index (κ2) is 44.6. The quantitative estimate of drug-likeness (QED) is 0.00639. The Morgan fingerprint density at radius 3 is 1.20 bits per heavy atom.